The van der Waals surface area contributed by atoms with E-state index in [1.165, 1.54) is 6.07 Å². The van der Waals surface area contributed by atoms with Crippen molar-refractivity contribution in [2.45, 2.75) is 45.0 Å². The Labute approximate surface area is 91.4 Å². The highest BCUT2D eigenvalue weighted by Gasteiger charge is 2.33. The molecule has 1 N–H and O–H groups in total. The van der Waals surface area contributed by atoms with Crippen LogP contribution in [0.3, 0.4) is 0 Å². The van der Waals surface area contributed by atoms with Crippen LogP contribution in [0, 0.1) is 11.3 Å². The zero-order chi connectivity index (χ0) is 13.0. The first-order valence-corrected chi connectivity index (χ1v) is 4.49. The third-order valence-corrected chi connectivity index (χ3v) is 1.28. The summed E-state index contributed by atoms with van der Waals surface area (Å²) in [6.45, 7) is 4.70. The van der Waals surface area contributed by atoms with E-state index in [0.717, 1.165) is 0 Å². The number of carbonyl (C=O) groups excluding carboxylic acids is 1. The molecule has 0 aliphatic heterocycles. The molecule has 1 amide bonds. The summed E-state index contributed by atoms with van der Waals surface area (Å²) in [5, 5.41) is 10.3. The molecular weight excluding hydrogens is 225 g/mol. The largest absolute Gasteiger partial charge is 0.444 e. The highest BCUT2D eigenvalue weighted by atomic mass is 19.4. The average molecular weight is 238 g/mol. The maximum absolute atomic E-state index is 11.9. The molecule has 4 nitrogen and oxygen atoms in total. The molecule has 0 aliphatic rings. The second-order valence-corrected chi connectivity index (χ2v) is 4.15. The van der Waals surface area contributed by atoms with E-state index < -0.39 is 30.3 Å². The van der Waals surface area contributed by atoms with Gasteiger partial charge in [0.25, 0.3) is 0 Å². The third-order valence-electron chi connectivity index (χ3n) is 1.28. The van der Waals surface area contributed by atoms with Gasteiger partial charge in [-0.15, -0.1) is 0 Å². The van der Waals surface area contributed by atoms with Crippen LogP contribution in [0.1, 0.15) is 27.2 Å². The molecule has 0 aromatic heterocycles. The van der Waals surface area contributed by atoms with Gasteiger partial charge in [-0.3, -0.25) is 0 Å². The standard InChI is InChI=1S/C9H13F3N2O2/c1-8(2,3)16-7(15)14-6(5-13)4-9(10,11)12/h6H,4H2,1-3H3,(H,14,15)/t6-/m0/s1. The molecule has 0 radical (unpaired) electrons. The Balaban J connectivity index is 4.25. The highest BCUT2D eigenvalue weighted by Crippen LogP contribution is 2.21. The Kier molecular flexibility index (Phi) is 4.60. The smallest absolute Gasteiger partial charge is 0.408 e. The van der Waals surface area contributed by atoms with E-state index in [2.05, 4.69) is 0 Å². The average Bonchev–Trinajstić information content (AvgIpc) is 1.96. The van der Waals surface area contributed by atoms with Gasteiger partial charge in [0, 0.05) is 0 Å². The number of hydrogen-bond acceptors (Lipinski definition) is 3. The number of alkyl carbamates (subject to hydrolysis) is 1. The zero-order valence-electron chi connectivity index (χ0n) is 9.18. The molecule has 92 valence electrons. The SMILES string of the molecule is CC(C)(C)OC(=O)N[C@H](C#N)CC(F)(F)F. The van der Waals surface area contributed by atoms with Crippen LogP contribution in [-0.4, -0.2) is 23.9 Å². The molecule has 1 atom stereocenters. The van der Waals surface area contributed by atoms with Crippen LogP contribution in [0.5, 0.6) is 0 Å². The number of carbonyl (C=O) groups is 1. The van der Waals surface area contributed by atoms with Crippen LogP contribution in [0.4, 0.5) is 18.0 Å². The molecule has 0 spiro atoms. The number of ether oxygens (including phenoxy) is 1. The number of nitrogens with zero attached hydrogens (tertiary/aromatic N) is 1. The maximum atomic E-state index is 11.9. The molecule has 0 unspecified atom stereocenters. The van der Waals surface area contributed by atoms with Gasteiger partial charge >= 0.3 is 12.3 Å². The van der Waals surface area contributed by atoms with E-state index in [4.69, 9.17) is 10.00 Å². The molecule has 0 saturated heterocycles. The van der Waals surface area contributed by atoms with Crippen LogP contribution >= 0.6 is 0 Å². The number of amides is 1. The molecule has 0 bridgehead atoms. The molecule has 0 heterocycles. The lowest BCUT2D eigenvalue weighted by Crippen LogP contribution is -2.40. The van der Waals surface area contributed by atoms with Crippen molar-refractivity contribution in [3.05, 3.63) is 0 Å². The maximum Gasteiger partial charge on any atom is 0.408 e. The van der Waals surface area contributed by atoms with E-state index in [1.54, 1.807) is 20.8 Å². The van der Waals surface area contributed by atoms with Crippen LogP contribution < -0.4 is 5.32 Å². The number of rotatable bonds is 2. The molecule has 0 fully saturated rings. The molecule has 0 saturated carbocycles. The fraction of sp³-hybridized carbons (Fsp3) is 0.778. The van der Waals surface area contributed by atoms with Gasteiger partial charge in [0.1, 0.15) is 11.6 Å². The summed E-state index contributed by atoms with van der Waals surface area (Å²) >= 11 is 0. The van der Waals surface area contributed by atoms with Gasteiger partial charge in [-0.1, -0.05) is 0 Å². The van der Waals surface area contributed by atoms with Crippen molar-refractivity contribution in [3.8, 4) is 6.07 Å². The summed E-state index contributed by atoms with van der Waals surface area (Å²) in [5.41, 5.74) is -0.817. The Morgan fingerprint density at radius 2 is 1.94 bits per heavy atom. The third kappa shape index (κ3) is 7.91. The summed E-state index contributed by atoms with van der Waals surface area (Å²) in [7, 11) is 0. The van der Waals surface area contributed by atoms with E-state index in [1.807, 2.05) is 5.32 Å². The van der Waals surface area contributed by atoms with E-state index in [0.29, 0.717) is 0 Å². The minimum absolute atomic E-state index is 0.817. The first-order valence-electron chi connectivity index (χ1n) is 4.49. The summed E-state index contributed by atoms with van der Waals surface area (Å²) in [6.07, 6.45) is -6.94. The minimum atomic E-state index is -4.50. The van der Waals surface area contributed by atoms with Gasteiger partial charge in [0.15, 0.2) is 0 Å². The van der Waals surface area contributed by atoms with Crippen LogP contribution in [-0.2, 0) is 4.74 Å². The summed E-state index contributed by atoms with van der Waals surface area (Å²) in [6, 6.07) is -0.286. The number of nitrogens with one attached hydrogen (secondary N) is 1. The lowest BCUT2D eigenvalue weighted by molar-refractivity contribution is -0.136. The molecule has 0 rings (SSSR count). The molecule has 7 heteroatoms. The predicted octanol–water partition coefficient (Wildman–Crippen LogP) is 2.36. The van der Waals surface area contributed by atoms with Crippen molar-refractivity contribution in [2.75, 3.05) is 0 Å². The fourth-order valence-corrected chi connectivity index (χ4v) is 0.810. The number of nitriles is 1. The van der Waals surface area contributed by atoms with E-state index >= 15 is 0 Å². The number of alkyl halides is 3. The second kappa shape index (κ2) is 5.05. The monoisotopic (exact) mass is 238 g/mol. The van der Waals surface area contributed by atoms with Gasteiger partial charge < -0.3 is 10.1 Å². The first kappa shape index (κ1) is 14.6. The zero-order valence-corrected chi connectivity index (χ0v) is 9.18. The van der Waals surface area contributed by atoms with Gasteiger partial charge in [-0.25, -0.2) is 4.79 Å². The van der Waals surface area contributed by atoms with Gasteiger partial charge in [-0.05, 0) is 20.8 Å². The topological polar surface area (TPSA) is 62.1 Å². The minimum Gasteiger partial charge on any atom is -0.444 e. The van der Waals surface area contributed by atoms with Crippen molar-refractivity contribution in [2.24, 2.45) is 0 Å². The molecule has 16 heavy (non-hydrogen) atoms. The van der Waals surface area contributed by atoms with E-state index in [9.17, 15) is 18.0 Å². The van der Waals surface area contributed by atoms with Crippen molar-refractivity contribution < 1.29 is 22.7 Å². The quantitative estimate of drug-likeness (QED) is 0.803. The Hall–Kier alpha value is -1.45. The Bertz CT molecular complexity index is 289. The lowest BCUT2D eigenvalue weighted by Gasteiger charge is -2.21. The van der Waals surface area contributed by atoms with E-state index in [-0.39, 0.29) is 0 Å². The second-order valence-electron chi connectivity index (χ2n) is 4.15. The molecular formula is C9H13F3N2O2. The number of halogens is 3. The van der Waals surface area contributed by atoms with Crippen LogP contribution in [0.15, 0.2) is 0 Å². The first-order chi connectivity index (χ1) is 7.03. The molecule has 0 aromatic carbocycles. The molecule has 0 aromatic rings. The van der Waals surface area contributed by atoms with Gasteiger partial charge in [-0.2, -0.15) is 18.4 Å². The van der Waals surface area contributed by atoms with Crippen molar-refractivity contribution in [3.63, 3.8) is 0 Å². The number of hydrogen-bond donors (Lipinski definition) is 1. The van der Waals surface area contributed by atoms with Gasteiger partial charge in [0.2, 0.25) is 0 Å². The summed E-state index contributed by atoms with van der Waals surface area (Å²) < 4.78 is 40.5. The highest BCUT2D eigenvalue weighted by molar-refractivity contribution is 5.68. The fourth-order valence-electron chi connectivity index (χ4n) is 0.810. The Morgan fingerprint density at radius 1 is 1.44 bits per heavy atom. The normalized spacial score (nSPS) is 13.8. The summed E-state index contributed by atoms with van der Waals surface area (Å²) in [5.74, 6) is 0. The predicted molar refractivity (Wildman–Crippen MR) is 49.4 cm³/mol. The molecule has 0 aliphatic carbocycles. The van der Waals surface area contributed by atoms with Crippen molar-refractivity contribution in [1.29, 1.82) is 5.26 Å². The van der Waals surface area contributed by atoms with Crippen molar-refractivity contribution >= 4 is 6.09 Å². The van der Waals surface area contributed by atoms with Crippen LogP contribution in [0.2, 0.25) is 0 Å². The van der Waals surface area contributed by atoms with Crippen LogP contribution in [0.25, 0.3) is 0 Å². The van der Waals surface area contributed by atoms with Crippen molar-refractivity contribution in [1.82, 2.24) is 5.32 Å². The van der Waals surface area contributed by atoms with Gasteiger partial charge in [0.05, 0.1) is 12.5 Å². The lowest BCUT2D eigenvalue weighted by atomic mass is 10.2. The summed E-state index contributed by atoms with van der Waals surface area (Å²) in [4.78, 5) is 11.1. The Morgan fingerprint density at radius 3 is 2.25 bits per heavy atom.